The van der Waals surface area contributed by atoms with E-state index in [0.29, 0.717) is 11.4 Å². The molecule has 4 nitrogen and oxygen atoms in total. The van der Waals surface area contributed by atoms with Crippen LogP contribution in [0, 0.1) is 5.82 Å². The molecule has 110 valence electrons. The van der Waals surface area contributed by atoms with Crippen LogP contribution in [0.15, 0.2) is 42.6 Å². The van der Waals surface area contributed by atoms with Gasteiger partial charge in [0.25, 0.3) is 5.91 Å². The number of pyridine rings is 1. The summed E-state index contributed by atoms with van der Waals surface area (Å²) in [5.41, 5.74) is 1.24. The molecule has 5 heteroatoms. The van der Waals surface area contributed by atoms with Crippen LogP contribution in [-0.2, 0) is 0 Å². The van der Waals surface area contributed by atoms with Gasteiger partial charge in [0.2, 0.25) is 0 Å². The van der Waals surface area contributed by atoms with E-state index in [0.717, 1.165) is 12.1 Å². The molecule has 1 unspecified atom stereocenters. The SMILES string of the molecule is CCNc1cc(C(=O)NC(C)c2cccc(F)c2)ccn1. The van der Waals surface area contributed by atoms with Gasteiger partial charge >= 0.3 is 0 Å². The molecule has 2 aromatic rings. The highest BCUT2D eigenvalue weighted by molar-refractivity contribution is 5.95. The molecular formula is C16H18FN3O. The molecule has 1 aromatic carbocycles. The van der Waals surface area contributed by atoms with Crippen molar-refractivity contribution in [2.75, 3.05) is 11.9 Å². The van der Waals surface area contributed by atoms with Crippen molar-refractivity contribution >= 4 is 11.7 Å². The van der Waals surface area contributed by atoms with E-state index in [1.54, 1.807) is 30.5 Å². The molecule has 1 heterocycles. The second-order valence-electron chi connectivity index (χ2n) is 4.71. The van der Waals surface area contributed by atoms with Gasteiger partial charge in [-0.2, -0.15) is 0 Å². The number of nitrogens with one attached hydrogen (secondary N) is 2. The van der Waals surface area contributed by atoms with Gasteiger partial charge in [-0.25, -0.2) is 9.37 Å². The number of hydrogen-bond donors (Lipinski definition) is 2. The molecule has 1 atom stereocenters. The topological polar surface area (TPSA) is 54.0 Å². The first-order valence-corrected chi connectivity index (χ1v) is 6.86. The Balaban J connectivity index is 2.08. The summed E-state index contributed by atoms with van der Waals surface area (Å²) in [5, 5.41) is 5.90. The Morgan fingerprint density at radius 3 is 2.86 bits per heavy atom. The number of hydrogen-bond acceptors (Lipinski definition) is 3. The molecular weight excluding hydrogens is 269 g/mol. The Hall–Kier alpha value is -2.43. The lowest BCUT2D eigenvalue weighted by atomic mass is 10.1. The number of nitrogens with zero attached hydrogens (tertiary/aromatic N) is 1. The van der Waals surface area contributed by atoms with Crippen molar-refractivity contribution < 1.29 is 9.18 Å². The predicted octanol–water partition coefficient (Wildman–Crippen LogP) is 3.14. The molecule has 0 aliphatic carbocycles. The summed E-state index contributed by atoms with van der Waals surface area (Å²) in [6.07, 6.45) is 1.58. The highest BCUT2D eigenvalue weighted by Crippen LogP contribution is 2.15. The number of carbonyl (C=O) groups excluding carboxylic acids is 1. The minimum absolute atomic E-state index is 0.215. The van der Waals surface area contributed by atoms with Gasteiger partial charge in [-0.05, 0) is 43.7 Å². The molecule has 0 fully saturated rings. The minimum Gasteiger partial charge on any atom is -0.370 e. The van der Waals surface area contributed by atoms with E-state index in [-0.39, 0.29) is 17.8 Å². The third-order valence-electron chi connectivity index (χ3n) is 3.08. The van der Waals surface area contributed by atoms with Crippen molar-refractivity contribution in [1.82, 2.24) is 10.3 Å². The van der Waals surface area contributed by atoms with Gasteiger partial charge < -0.3 is 10.6 Å². The predicted molar refractivity (Wildman–Crippen MR) is 80.7 cm³/mol. The van der Waals surface area contributed by atoms with Crippen LogP contribution in [0.5, 0.6) is 0 Å². The molecule has 0 bridgehead atoms. The average Bonchev–Trinajstić information content (AvgIpc) is 2.48. The third-order valence-corrected chi connectivity index (χ3v) is 3.08. The number of benzene rings is 1. The number of rotatable bonds is 5. The van der Waals surface area contributed by atoms with E-state index in [1.165, 1.54) is 12.1 Å². The standard InChI is InChI=1S/C16H18FN3O/c1-3-18-15-10-13(7-8-19-15)16(21)20-11(2)12-5-4-6-14(17)9-12/h4-11H,3H2,1-2H3,(H,18,19)(H,20,21). The molecule has 21 heavy (non-hydrogen) atoms. The highest BCUT2D eigenvalue weighted by Gasteiger charge is 2.12. The second-order valence-corrected chi connectivity index (χ2v) is 4.71. The van der Waals surface area contributed by atoms with E-state index in [4.69, 9.17) is 0 Å². The first-order valence-electron chi connectivity index (χ1n) is 6.86. The lowest BCUT2D eigenvalue weighted by Crippen LogP contribution is -2.26. The largest absolute Gasteiger partial charge is 0.370 e. The molecule has 0 spiro atoms. The molecule has 1 aromatic heterocycles. The van der Waals surface area contributed by atoms with E-state index in [9.17, 15) is 9.18 Å². The number of carbonyl (C=O) groups is 1. The Labute approximate surface area is 123 Å². The summed E-state index contributed by atoms with van der Waals surface area (Å²) in [5.74, 6) is 0.129. The van der Waals surface area contributed by atoms with Gasteiger partial charge in [0, 0.05) is 18.3 Å². The van der Waals surface area contributed by atoms with Crippen molar-refractivity contribution in [2.24, 2.45) is 0 Å². The minimum atomic E-state index is -0.313. The molecule has 2 rings (SSSR count). The summed E-state index contributed by atoms with van der Waals surface area (Å²) >= 11 is 0. The van der Waals surface area contributed by atoms with Crippen LogP contribution in [0.4, 0.5) is 10.2 Å². The van der Waals surface area contributed by atoms with E-state index in [1.807, 2.05) is 13.8 Å². The van der Waals surface area contributed by atoms with Crippen molar-refractivity contribution in [3.05, 3.63) is 59.5 Å². The fraction of sp³-hybridized carbons (Fsp3) is 0.250. The van der Waals surface area contributed by atoms with Gasteiger partial charge in [-0.3, -0.25) is 4.79 Å². The van der Waals surface area contributed by atoms with Crippen LogP contribution in [0.2, 0.25) is 0 Å². The zero-order valence-electron chi connectivity index (χ0n) is 12.1. The number of anilines is 1. The van der Waals surface area contributed by atoms with E-state index < -0.39 is 0 Å². The van der Waals surface area contributed by atoms with E-state index >= 15 is 0 Å². The van der Waals surface area contributed by atoms with Crippen molar-refractivity contribution in [2.45, 2.75) is 19.9 Å². The van der Waals surface area contributed by atoms with Crippen molar-refractivity contribution in [1.29, 1.82) is 0 Å². The molecule has 2 N–H and O–H groups in total. The number of amides is 1. The van der Waals surface area contributed by atoms with Crippen LogP contribution in [-0.4, -0.2) is 17.4 Å². The molecule has 0 saturated carbocycles. The Kier molecular flexibility index (Phi) is 4.87. The molecule has 0 radical (unpaired) electrons. The Morgan fingerprint density at radius 1 is 1.33 bits per heavy atom. The van der Waals surface area contributed by atoms with Crippen molar-refractivity contribution in [3.63, 3.8) is 0 Å². The number of halogens is 1. The fourth-order valence-electron chi connectivity index (χ4n) is 1.99. The van der Waals surface area contributed by atoms with E-state index in [2.05, 4.69) is 15.6 Å². The highest BCUT2D eigenvalue weighted by atomic mass is 19.1. The quantitative estimate of drug-likeness (QED) is 0.888. The van der Waals surface area contributed by atoms with Crippen LogP contribution in [0.1, 0.15) is 35.8 Å². The molecule has 0 saturated heterocycles. The molecule has 0 aliphatic heterocycles. The fourth-order valence-corrected chi connectivity index (χ4v) is 1.99. The number of aromatic nitrogens is 1. The summed E-state index contributed by atoms with van der Waals surface area (Å²) in [6, 6.07) is 9.27. The zero-order valence-corrected chi connectivity index (χ0v) is 12.1. The monoisotopic (exact) mass is 287 g/mol. The Morgan fingerprint density at radius 2 is 2.14 bits per heavy atom. The average molecular weight is 287 g/mol. The third kappa shape index (κ3) is 4.02. The van der Waals surface area contributed by atoms with Crippen LogP contribution < -0.4 is 10.6 Å². The van der Waals surface area contributed by atoms with Crippen molar-refractivity contribution in [3.8, 4) is 0 Å². The molecule has 1 amide bonds. The lowest BCUT2D eigenvalue weighted by Gasteiger charge is -2.14. The van der Waals surface area contributed by atoms with Gasteiger partial charge in [0.05, 0.1) is 6.04 Å². The Bertz CT molecular complexity index is 630. The smallest absolute Gasteiger partial charge is 0.251 e. The molecule has 0 aliphatic rings. The summed E-state index contributed by atoms with van der Waals surface area (Å²) < 4.78 is 13.2. The lowest BCUT2D eigenvalue weighted by molar-refractivity contribution is 0.0939. The summed E-state index contributed by atoms with van der Waals surface area (Å²) in [7, 11) is 0. The van der Waals surface area contributed by atoms with Gasteiger partial charge in [0.15, 0.2) is 0 Å². The van der Waals surface area contributed by atoms with Gasteiger partial charge in [0.1, 0.15) is 11.6 Å². The van der Waals surface area contributed by atoms with Gasteiger partial charge in [-0.15, -0.1) is 0 Å². The first kappa shape index (κ1) is 15.0. The second kappa shape index (κ2) is 6.83. The first-order chi connectivity index (χ1) is 10.1. The van der Waals surface area contributed by atoms with Gasteiger partial charge in [-0.1, -0.05) is 12.1 Å². The van der Waals surface area contributed by atoms with Crippen LogP contribution in [0.25, 0.3) is 0 Å². The summed E-state index contributed by atoms with van der Waals surface area (Å²) in [6.45, 7) is 4.51. The van der Waals surface area contributed by atoms with Crippen LogP contribution >= 0.6 is 0 Å². The maximum atomic E-state index is 13.2. The maximum Gasteiger partial charge on any atom is 0.251 e. The summed E-state index contributed by atoms with van der Waals surface area (Å²) in [4.78, 5) is 16.3. The van der Waals surface area contributed by atoms with Crippen LogP contribution in [0.3, 0.4) is 0 Å². The maximum absolute atomic E-state index is 13.2. The zero-order chi connectivity index (χ0) is 15.2. The normalized spacial score (nSPS) is 11.8.